The number of fused-ring (bicyclic) bond motifs is 1. The van der Waals surface area contributed by atoms with Crippen molar-refractivity contribution in [2.45, 2.75) is 13.5 Å². The summed E-state index contributed by atoms with van der Waals surface area (Å²) in [7, 11) is 0. The Hall–Kier alpha value is -2.72. The minimum absolute atomic E-state index is 0.474. The molecular weight excluding hydrogens is 320 g/mol. The molecule has 0 saturated carbocycles. The molecule has 0 radical (unpaired) electrons. The van der Waals surface area contributed by atoms with E-state index in [2.05, 4.69) is 35.2 Å². The van der Waals surface area contributed by atoms with Gasteiger partial charge < -0.3 is 0 Å². The van der Waals surface area contributed by atoms with E-state index in [0.717, 1.165) is 40.0 Å². The summed E-state index contributed by atoms with van der Waals surface area (Å²) in [5.41, 5.74) is 4.94. The maximum absolute atomic E-state index is 6.09. The largest absolute Gasteiger partial charge is 0.248 e. The lowest BCUT2D eigenvalue weighted by Gasteiger charge is -2.09. The van der Waals surface area contributed by atoms with E-state index in [1.165, 1.54) is 0 Å². The maximum Gasteiger partial charge on any atom is 0.159 e. The van der Waals surface area contributed by atoms with Crippen molar-refractivity contribution in [2.24, 2.45) is 0 Å². The first-order valence-corrected chi connectivity index (χ1v) is 8.18. The zero-order chi connectivity index (χ0) is 16.5. The Bertz CT molecular complexity index is 1010. The fourth-order valence-electron chi connectivity index (χ4n) is 2.84. The van der Waals surface area contributed by atoms with Gasteiger partial charge in [0.2, 0.25) is 0 Å². The highest BCUT2D eigenvalue weighted by atomic mass is 35.5. The molecule has 4 rings (SSSR count). The fraction of sp³-hybridized carbons (Fsp3) is 0.105. The molecule has 3 aromatic heterocycles. The first kappa shape index (κ1) is 14.8. The standard InChI is InChI=1S/C19H15ClN4/c1-2-24-19-16(12-22-24)15(14-8-9-21-18(20)10-14)11-17(23-19)13-6-4-3-5-7-13/h3-12H,2H2,1H3. The van der Waals surface area contributed by atoms with E-state index in [1.807, 2.05) is 41.2 Å². The molecule has 0 saturated heterocycles. The molecule has 0 unspecified atom stereocenters. The van der Waals surface area contributed by atoms with Crippen molar-refractivity contribution in [1.82, 2.24) is 19.7 Å². The molecule has 5 heteroatoms. The third kappa shape index (κ3) is 2.55. The summed E-state index contributed by atoms with van der Waals surface area (Å²) in [6.45, 7) is 2.83. The van der Waals surface area contributed by atoms with Gasteiger partial charge in [-0.05, 0) is 36.2 Å². The number of aryl methyl sites for hydroxylation is 1. The summed E-state index contributed by atoms with van der Waals surface area (Å²) < 4.78 is 1.91. The van der Waals surface area contributed by atoms with Crippen molar-refractivity contribution >= 4 is 22.6 Å². The van der Waals surface area contributed by atoms with E-state index in [-0.39, 0.29) is 0 Å². The van der Waals surface area contributed by atoms with Crippen LogP contribution in [0.5, 0.6) is 0 Å². The Balaban J connectivity index is 2.03. The quantitative estimate of drug-likeness (QED) is 0.504. The molecule has 3 heterocycles. The van der Waals surface area contributed by atoms with Crippen LogP contribution < -0.4 is 0 Å². The van der Waals surface area contributed by atoms with Crippen molar-refractivity contribution in [3.05, 3.63) is 66.1 Å². The van der Waals surface area contributed by atoms with E-state index in [1.54, 1.807) is 6.20 Å². The topological polar surface area (TPSA) is 43.6 Å². The van der Waals surface area contributed by atoms with E-state index < -0.39 is 0 Å². The number of hydrogen-bond acceptors (Lipinski definition) is 3. The summed E-state index contributed by atoms with van der Waals surface area (Å²) >= 11 is 6.09. The van der Waals surface area contributed by atoms with Gasteiger partial charge in [-0.2, -0.15) is 5.10 Å². The molecule has 0 aliphatic rings. The van der Waals surface area contributed by atoms with Gasteiger partial charge in [-0.1, -0.05) is 41.9 Å². The van der Waals surface area contributed by atoms with Gasteiger partial charge in [0.1, 0.15) is 5.15 Å². The average Bonchev–Trinajstić information content (AvgIpc) is 3.04. The Labute approximate surface area is 144 Å². The van der Waals surface area contributed by atoms with E-state index in [4.69, 9.17) is 16.6 Å². The van der Waals surface area contributed by atoms with Crippen molar-refractivity contribution in [1.29, 1.82) is 0 Å². The summed E-state index contributed by atoms with van der Waals surface area (Å²) in [4.78, 5) is 8.91. The second-order valence-electron chi connectivity index (χ2n) is 5.49. The molecule has 0 aliphatic heterocycles. The molecule has 0 spiro atoms. The first-order valence-electron chi connectivity index (χ1n) is 7.80. The van der Waals surface area contributed by atoms with Crippen LogP contribution in [0.2, 0.25) is 5.15 Å². The van der Waals surface area contributed by atoms with E-state index in [9.17, 15) is 0 Å². The molecule has 0 aliphatic carbocycles. The molecule has 0 bridgehead atoms. The number of halogens is 1. The molecule has 4 aromatic rings. The van der Waals surface area contributed by atoms with Gasteiger partial charge in [0.15, 0.2) is 5.65 Å². The van der Waals surface area contributed by atoms with Crippen LogP contribution in [0.1, 0.15) is 6.92 Å². The zero-order valence-electron chi connectivity index (χ0n) is 13.1. The summed E-state index contributed by atoms with van der Waals surface area (Å²) in [6.07, 6.45) is 3.58. The van der Waals surface area contributed by atoms with Crippen molar-refractivity contribution in [2.75, 3.05) is 0 Å². The number of pyridine rings is 2. The first-order chi connectivity index (χ1) is 11.8. The van der Waals surface area contributed by atoms with Crippen LogP contribution in [-0.4, -0.2) is 19.7 Å². The molecule has 0 N–H and O–H groups in total. The van der Waals surface area contributed by atoms with Gasteiger partial charge in [-0.3, -0.25) is 0 Å². The van der Waals surface area contributed by atoms with Crippen LogP contribution in [0.3, 0.4) is 0 Å². The third-order valence-corrected chi connectivity index (χ3v) is 4.22. The molecular formula is C19H15ClN4. The van der Waals surface area contributed by atoms with E-state index >= 15 is 0 Å². The van der Waals surface area contributed by atoms with Crippen LogP contribution in [-0.2, 0) is 6.54 Å². The Morgan fingerprint density at radius 1 is 1.04 bits per heavy atom. The van der Waals surface area contributed by atoms with Crippen molar-refractivity contribution < 1.29 is 0 Å². The van der Waals surface area contributed by atoms with Crippen LogP contribution in [0.25, 0.3) is 33.4 Å². The predicted molar refractivity (Wildman–Crippen MR) is 96.9 cm³/mol. The highest BCUT2D eigenvalue weighted by Crippen LogP contribution is 2.32. The van der Waals surface area contributed by atoms with Crippen LogP contribution in [0, 0.1) is 0 Å². The summed E-state index contributed by atoms with van der Waals surface area (Å²) in [5, 5.41) is 5.95. The molecule has 118 valence electrons. The monoisotopic (exact) mass is 334 g/mol. The average molecular weight is 335 g/mol. The van der Waals surface area contributed by atoms with E-state index in [0.29, 0.717) is 5.15 Å². The Kier molecular flexibility index (Phi) is 3.75. The molecule has 4 nitrogen and oxygen atoms in total. The van der Waals surface area contributed by atoms with Gasteiger partial charge >= 0.3 is 0 Å². The molecule has 0 fully saturated rings. The van der Waals surface area contributed by atoms with Gasteiger partial charge in [-0.15, -0.1) is 0 Å². The van der Waals surface area contributed by atoms with Crippen molar-refractivity contribution in [3.63, 3.8) is 0 Å². The second-order valence-corrected chi connectivity index (χ2v) is 5.87. The Morgan fingerprint density at radius 2 is 1.88 bits per heavy atom. The van der Waals surface area contributed by atoms with Crippen LogP contribution in [0.4, 0.5) is 0 Å². The lowest BCUT2D eigenvalue weighted by molar-refractivity contribution is 0.677. The highest BCUT2D eigenvalue weighted by molar-refractivity contribution is 6.29. The molecule has 1 aromatic carbocycles. The minimum atomic E-state index is 0.474. The molecule has 24 heavy (non-hydrogen) atoms. The predicted octanol–water partition coefficient (Wildman–Crippen LogP) is 4.83. The summed E-state index contributed by atoms with van der Waals surface area (Å²) in [5.74, 6) is 0. The lowest BCUT2D eigenvalue weighted by atomic mass is 10.0. The molecule has 0 atom stereocenters. The second kappa shape index (κ2) is 6.06. The minimum Gasteiger partial charge on any atom is -0.248 e. The number of benzene rings is 1. The van der Waals surface area contributed by atoms with Gasteiger partial charge in [-0.25, -0.2) is 14.6 Å². The number of hydrogen-bond donors (Lipinski definition) is 0. The van der Waals surface area contributed by atoms with Gasteiger partial charge in [0.25, 0.3) is 0 Å². The maximum atomic E-state index is 6.09. The zero-order valence-corrected chi connectivity index (χ0v) is 13.9. The molecule has 0 amide bonds. The number of aromatic nitrogens is 4. The van der Waals surface area contributed by atoms with Crippen molar-refractivity contribution in [3.8, 4) is 22.4 Å². The smallest absolute Gasteiger partial charge is 0.159 e. The van der Waals surface area contributed by atoms with Crippen LogP contribution in [0.15, 0.2) is 60.9 Å². The number of nitrogens with zero attached hydrogens (tertiary/aromatic N) is 4. The fourth-order valence-corrected chi connectivity index (χ4v) is 3.02. The lowest BCUT2D eigenvalue weighted by Crippen LogP contribution is -1.98. The third-order valence-electron chi connectivity index (χ3n) is 4.02. The number of rotatable bonds is 3. The highest BCUT2D eigenvalue weighted by Gasteiger charge is 2.13. The summed E-state index contributed by atoms with van der Waals surface area (Å²) in [6, 6.07) is 16.1. The van der Waals surface area contributed by atoms with Gasteiger partial charge in [0, 0.05) is 23.7 Å². The normalized spacial score (nSPS) is 11.1. The van der Waals surface area contributed by atoms with Crippen LogP contribution >= 0.6 is 11.6 Å². The Morgan fingerprint density at radius 3 is 2.62 bits per heavy atom. The van der Waals surface area contributed by atoms with Gasteiger partial charge in [0.05, 0.1) is 11.9 Å². The SMILES string of the molecule is CCn1ncc2c(-c3ccnc(Cl)c3)cc(-c3ccccc3)nc21.